The smallest absolute Gasteiger partial charge is 0.138 e. The second kappa shape index (κ2) is 3.75. The number of pyridine rings is 1. The Labute approximate surface area is 98.8 Å². The van der Waals surface area contributed by atoms with Gasteiger partial charge in [-0.25, -0.2) is 4.98 Å². The van der Waals surface area contributed by atoms with Crippen LogP contribution in [0.3, 0.4) is 0 Å². The summed E-state index contributed by atoms with van der Waals surface area (Å²) in [6.07, 6.45) is 1.79. The van der Waals surface area contributed by atoms with E-state index in [4.69, 9.17) is 5.73 Å². The van der Waals surface area contributed by atoms with Crippen molar-refractivity contribution < 1.29 is 0 Å². The van der Waals surface area contributed by atoms with Crippen molar-refractivity contribution in [1.29, 1.82) is 0 Å². The quantitative estimate of drug-likeness (QED) is 0.586. The fourth-order valence-electron chi connectivity index (χ4n) is 2.24. The molecule has 0 amide bonds. The molecule has 17 heavy (non-hydrogen) atoms. The van der Waals surface area contributed by atoms with Crippen molar-refractivity contribution in [2.24, 2.45) is 0 Å². The van der Waals surface area contributed by atoms with Gasteiger partial charge in [0.25, 0.3) is 0 Å². The lowest BCUT2D eigenvalue weighted by atomic mass is 10.1. The van der Waals surface area contributed by atoms with Gasteiger partial charge in [-0.05, 0) is 25.2 Å². The van der Waals surface area contributed by atoms with Gasteiger partial charge in [-0.1, -0.05) is 6.07 Å². The summed E-state index contributed by atoms with van der Waals surface area (Å²) in [6.45, 7) is 0.746. The maximum absolute atomic E-state index is 6.01. The lowest BCUT2D eigenvalue weighted by Crippen LogP contribution is -2.08. The van der Waals surface area contributed by atoms with Crippen LogP contribution in [0.5, 0.6) is 0 Å². The fraction of sp³-hybridized carbons (Fsp3) is 0.154. The number of hydrogen-bond acceptors (Lipinski definition) is 3. The summed E-state index contributed by atoms with van der Waals surface area (Å²) in [5.74, 6) is 0. The Morgan fingerprint density at radius 1 is 1.29 bits per heavy atom. The van der Waals surface area contributed by atoms with E-state index in [2.05, 4.69) is 21.4 Å². The fourth-order valence-corrected chi connectivity index (χ4v) is 2.24. The monoisotopic (exact) mass is 226 g/mol. The number of aromatic nitrogens is 2. The van der Waals surface area contributed by atoms with Crippen molar-refractivity contribution in [2.45, 2.75) is 6.54 Å². The molecule has 0 bridgehead atoms. The predicted octanol–water partition coefficient (Wildman–Crippen LogP) is 2.02. The third-order valence-electron chi connectivity index (χ3n) is 3.04. The van der Waals surface area contributed by atoms with Crippen LogP contribution >= 0.6 is 0 Å². The highest BCUT2D eigenvalue weighted by atomic mass is 14.9. The van der Waals surface area contributed by atoms with Crippen LogP contribution in [-0.2, 0) is 6.54 Å². The molecular weight excluding hydrogens is 212 g/mol. The molecule has 0 spiro atoms. The molecule has 0 radical (unpaired) electrons. The first-order valence-electron chi connectivity index (χ1n) is 5.59. The van der Waals surface area contributed by atoms with Crippen molar-refractivity contribution in [3.63, 3.8) is 0 Å². The van der Waals surface area contributed by atoms with E-state index in [-0.39, 0.29) is 0 Å². The maximum Gasteiger partial charge on any atom is 0.138 e. The minimum Gasteiger partial charge on any atom is -0.398 e. The average molecular weight is 226 g/mol. The number of nitrogen functional groups attached to an aromatic ring is 1. The molecule has 0 aliphatic carbocycles. The van der Waals surface area contributed by atoms with E-state index in [0.29, 0.717) is 0 Å². The molecule has 0 saturated carbocycles. The zero-order valence-corrected chi connectivity index (χ0v) is 9.62. The number of fused-ring (bicyclic) bond motifs is 3. The first-order valence-corrected chi connectivity index (χ1v) is 5.59. The predicted molar refractivity (Wildman–Crippen MR) is 70.8 cm³/mol. The van der Waals surface area contributed by atoms with Gasteiger partial charge < -0.3 is 16.0 Å². The molecule has 0 aliphatic heterocycles. The molecule has 0 fully saturated rings. The largest absolute Gasteiger partial charge is 0.398 e. The van der Waals surface area contributed by atoms with E-state index < -0.39 is 0 Å². The summed E-state index contributed by atoms with van der Waals surface area (Å²) >= 11 is 0. The molecule has 2 aromatic heterocycles. The lowest BCUT2D eigenvalue weighted by molar-refractivity contribution is 0.824. The van der Waals surface area contributed by atoms with Crippen LogP contribution in [-0.4, -0.2) is 17.0 Å². The highest BCUT2D eigenvalue weighted by Gasteiger charge is 2.10. The Balaban J connectivity index is 2.42. The third kappa shape index (κ3) is 1.45. The van der Waals surface area contributed by atoms with Crippen LogP contribution in [0.15, 0.2) is 30.5 Å². The van der Waals surface area contributed by atoms with Crippen molar-refractivity contribution in [3.05, 3.63) is 36.0 Å². The van der Waals surface area contributed by atoms with E-state index in [1.165, 1.54) is 5.39 Å². The minimum atomic E-state index is 0.746. The Kier molecular flexibility index (Phi) is 2.23. The number of aromatic amines is 1. The molecule has 0 atom stereocenters. The molecule has 4 nitrogen and oxygen atoms in total. The zero-order valence-electron chi connectivity index (χ0n) is 9.62. The van der Waals surface area contributed by atoms with Crippen molar-refractivity contribution in [3.8, 4) is 0 Å². The molecule has 4 N–H and O–H groups in total. The average Bonchev–Trinajstić information content (AvgIpc) is 2.72. The summed E-state index contributed by atoms with van der Waals surface area (Å²) in [4.78, 5) is 7.67. The van der Waals surface area contributed by atoms with Crippen LogP contribution in [0.25, 0.3) is 21.9 Å². The topological polar surface area (TPSA) is 66.7 Å². The van der Waals surface area contributed by atoms with Gasteiger partial charge in [0.05, 0.1) is 5.52 Å². The standard InChI is InChI=1S/C13H14N4/c1-15-7-10-11(14)5-4-8-9-3-2-6-16-13(9)17-12(8)10/h2-6,15H,7,14H2,1H3,(H,16,17). The molecule has 0 aliphatic rings. The van der Waals surface area contributed by atoms with Gasteiger partial charge in [0, 0.05) is 34.8 Å². The van der Waals surface area contributed by atoms with Gasteiger partial charge >= 0.3 is 0 Å². The minimum absolute atomic E-state index is 0.746. The van der Waals surface area contributed by atoms with E-state index in [9.17, 15) is 0 Å². The van der Waals surface area contributed by atoms with Gasteiger partial charge in [0.1, 0.15) is 5.65 Å². The first kappa shape index (κ1) is 10.1. The maximum atomic E-state index is 6.01. The second-order valence-corrected chi connectivity index (χ2v) is 4.11. The Morgan fingerprint density at radius 2 is 2.18 bits per heavy atom. The Morgan fingerprint density at radius 3 is 3.00 bits per heavy atom. The first-order chi connectivity index (χ1) is 8.31. The summed E-state index contributed by atoms with van der Waals surface area (Å²) in [5.41, 5.74) is 9.90. The SMILES string of the molecule is CNCc1c(N)ccc2c1[nH]c1ncccc12. The number of nitrogens with two attached hydrogens (primary N) is 1. The summed E-state index contributed by atoms with van der Waals surface area (Å²) in [5, 5.41) is 5.45. The van der Waals surface area contributed by atoms with Crippen LogP contribution in [0.1, 0.15) is 5.56 Å². The van der Waals surface area contributed by atoms with Crippen LogP contribution in [0.4, 0.5) is 5.69 Å². The molecule has 3 rings (SSSR count). The molecule has 0 saturated heterocycles. The van der Waals surface area contributed by atoms with Gasteiger partial charge in [0.2, 0.25) is 0 Å². The number of nitrogens with one attached hydrogen (secondary N) is 2. The number of anilines is 1. The number of H-pyrrole nitrogens is 1. The molecule has 2 heterocycles. The lowest BCUT2D eigenvalue weighted by Gasteiger charge is -2.06. The Hall–Kier alpha value is -2.07. The summed E-state index contributed by atoms with van der Waals surface area (Å²) < 4.78 is 0. The number of benzene rings is 1. The summed E-state index contributed by atoms with van der Waals surface area (Å²) in [6, 6.07) is 8.02. The van der Waals surface area contributed by atoms with Crippen molar-refractivity contribution >= 4 is 27.6 Å². The third-order valence-corrected chi connectivity index (χ3v) is 3.04. The van der Waals surface area contributed by atoms with Crippen LogP contribution in [0.2, 0.25) is 0 Å². The van der Waals surface area contributed by atoms with Crippen LogP contribution < -0.4 is 11.1 Å². The number of nitrogens with zero attached hydrogens (tertiary/aromatic N) is 1. The molecule has 3 aromatic rings. The van der Waals surface area contributed by atoms with Crippen molar-refractivity contribution in [2.75, 3.05) is 12.8 Å². The number of rotatable bonds is 2. The zero-order chi connectivity index (χ0) is 11.8. The number of hydrogen-bond donors (Lipinski definition) is 3. The molecule has 0 unspecified atom stereocenters. The summed E-state index contributed by atoms with van der Waals surface area (Å²) in [7, 11) is 1.92. The van der Waals surface area contributed by atoms with E-state index in [0.717, 1.165) is 34.3 Å². The van der Waals surface area contributed by atoms with Gasteiger partial charge in [-0.2, -0.15) is 0 Å². The highest BCUT2D eigenvalue weighted by molar-refractivity contribution is 6.08. The molecule has 4 heteroatoms. The van der Waals surface area contributed by atoms with Crippen molar-refractivity contribution in [1.82, 2.24) is 15.3 Å². The normalized spacial score (nSPS) is 11.4. The van der Waals surface area contributed by atoms with Gasteiger partial charge in [0.15, 0.2) is 0 Å². The molecule has 1 aromatic carbocycles. The molecular formula is C13H14N4. The Bertz CT molecular complexity index is 684. The second-order valence-electron chi connectivity index (χ2n) is 4.11. The van der Waals surface area contributed by atoms with E-state index in [1.54, 1.807) is 6.20 Å². The van der Waals surface area contributed by atoms with E-state index in [1.807, 2.05) is 25.2 Å². The van der Waals surface area contributed by atoms with E-state index >= 15 is 0 Å². The highest BCUT2D eigenvalue weighted by Crippen LogP contribution is 2.29. The van der Waals surface area contributed by atoms with Gasteiger partial charge in [-0.15, -0.1) is 0 Å². The van der Waals surface area contributed by atoms with Gasteiger partial charge in [-0.3, -0.25) is 0 Å². The molecule has 86 valence electrons. The van der Waals surface area contributed by atoms with Crippen LogP contribution in [0, 0.1) is 0 Å².